The summed E-state index contributed by atoms with van der Waals surface area (Å²) in [5.41, 5.74) is -0.632. The number of hydrogen-bond donors (Lipinski definition) is 0. The summed E-state index contributed by atoms with van der Waals surface area (Å²) in [5.74, 6) is 0. The van der Waals surface area contributed by atoms with Crippen LogP contribution in [0.1, 0.15) is 19.4 Å². The molecule has 1 aromatic rings. The summed E-state index contributed by atoms with van der Waals surface area (Å²) >= 11 is 3.26. The van der Waals surface area contributed by atoms with Crippen molar-refractivity contribution >= 4 is 15.9 Å². The molecule has 0 saturated carbocycles. The zero-order valence-corrected chi connectivity index (χ0v) is 8.07. The SMILES string of the molecule is CC(C)(F)c1c[c]cc(Br)c1. The molecule has 0 N–H and O–H groups in total. The van der Waals surface area contributed by atoms with E-state index in [1.165, 1.54) is 13.8 Å². The quantitative estimate of drug-likeness (QED) is 0.674. The fourth-order valence-electron chi connectivity index (χ4n) is 0.786. The smallest absolute Gasteiger partial charge is 0.130 e. The predicted octanol–water partition coefficient (Wildman–Crippen LogP) is 3.45. The number of hydrogen-bond acceptors (Lipinski definition) is 0. The molecule has 1 rings (SSSR count). The lowest BCUT2D eigenvalue weighted by molar-refractivity contribution is 0.221. The number of rotatable bonds is 1. The first-order valence-electron chi connectivity index (χ1n) is 3.36. The Kier molecular flexibility index (Phi) is 2.33. The standard InChI is InChI=1S/C9H9BrF/c1-9(2,11)7-4-3-5-8(10)6-7/h4-6H,1-2H3. The van der Waals surface area contributed by atoms with E-state index >= 15 is 0 Å². The van der Waals surface area contributed by atoms with Gasteiger partial charge in [0.2, 0.25) is 0 Å². The Bertz CT molecular complexity index is 250. The van der Waals surface area contributed by atoms with E-state index < -0.39 is 5.67 Å². The van der Waals surface area contributed by atoms with Crippen molar-refractivity contribution in [1.82, 2.24) is 0 Å². The van der Waals surface area contributed by atoms with Crippen molar-refractivity contribution in [2.45, 2.75) is 19.5 Å². The molecule has 0 atom stereocenters. The highest BCUT2D eigenvalue weighted by molar-refractivity contribution is 9.10. The van der Waals surface area contributed by atoms with Crippen LogP contribution in [0.25, 0.3) is 0 Å². The molecular weight excluding hydrogens is 207 g/mol. The highest BCUT2D eigenvalue weighted by Gasteiger charge is 2.18. The lowest BCUT2D eigenvalue weighted by atomic mass is 10.0. The summed E-state index contributed by atoms with van der Waals surface area (Å²) in [6.07, 6.45) is 0. The van der Waals surface area contributed by atoms with E-state index in [0.29, 0.717) is 5.56 Å². The van der Waals surface area contributed by atoms with Gasteiger partial charge in [-0.2, -0.15) is 0 Å². The van der Waals surface area contributed by atoms with E-state index in [9.17, 15) is 4.39 Å². The lowest BCUT2D eigenvalue weighted by Gasteiger charge is -2.13. The third-order valence-corrected chi connectivity index (χ3v) is 1.90. The maximum Gasteiger partial charge on any atom is 0.130 e. The van der Waals surface area contributed by atoms with Crippen LogP contribution in [0.3, 0.4) is 0 Å². The van der Waals surface area contributed by atoms with Crippen molar-refractivity contribution in [3.63, 3.8) is 0 Å². The van der Waals surface area contributed by atoms with Crippen molar-refractivity contribution in [2.75, 3.05) is 0 Å². The molecule has 0 aliphatic rings. The molecule has 1 aromatic carbocycles. The molecule has 0 fully saturated rings. The van der Waals surface area contributed by atoms with Gasteiger partial charge in [0.15, 0.2) is 0 Å². The Morgan fingerprint density at radius 1 is 1.45 bits per heavy atom. The van der Waals surface area contributed by atoms with Gasteiger partial charge in [0, 0.05) is 4.47 Å². The third kappa shape index (κ3) is 2.29. The van der Waals surface area contributed by atoms with Gasteiger partial charge in [-0.1, -0.05) is 15.9 Å². The Hall–Kier alpha value is -0.370. The summed E-state index contributed by atoms with van der Waals surface area (Å²) < 4.78 is 14.1. The van der Waals surface area contributed by atoms with Crippen molar-refractivity contribution in [1.29, 1.82) is 0 Å². The van der Waals surface area contributed by atoms with Gasteiger partial charge >= 0.3 is 0 Å². The van der Waals surface area contributed by atoms with Crippen molar-refractivity contribution in [3.8, 4) is 0 Å². The molecule has 1 radical (unpaired) electrons. The van der Waals surface area contributed by atoms with Crippen LogP contribution < -0.4 is 0 Å². The van der Waals surface area contributed by atoms with Crippen LogP contribution >= 0.6 is 15.9 Å². The summed E-state index contributed by atoms with van der Waals surface area (Å²) in [7, 11) is 0. The van der Waals surface area contributed by atoms with Gasteiger partial charge in [-0.3, -0.25) is 0 Å². The average Bonchev–Trinajstić information content (AvgIpc) is 1.86. The first kappa shape index (κ1) is 8.72. The van der Waals surface area contributed by atoms with Gasteiger partial charge < -0.3 is 0 Å². The molecular formula is C9H9BrF. The van der Waals surface area contributed by atoms with E-state index in [1.807, 2.05) is 0 Å². The van der Waals surface area contributed by atoms with E-state index in [-0.39, 0.29) is 0 Å². The van der Waals surface area contributed by atoms with Gasteiger partial charge in [-0.05, 0) is 43.7 Å². The Labute approximate surface area is 74.6 Å². The zero-order chi connectivity index (χ0) is 8.48. The Morgan fingerprint density at radius 2 is 2.09 bits per heavy atom. The van der Waals surface area contributed by atoms with Crippen LogP contribution in [-0.2, 0) is 5.67 Å². The van der Waals surface area contributed by atoms with E-state index in [2.05, 4.69) is 22.0 Å². The summed E-state index contributed by atoms with van der Waals surface area (Å²) in [4.78, 5) is 0. The van der Waals surface area contributed by atoms with E-state index in [4.69, 9.17) is 0 Å². The van der Waals surface area contributed by atoms with Crippen LogP contribution in [0, 0.1) is 6.07 Å². The Balaban J connectivity index is 3.06. The van der Waals surface area contributed by atoms with Crippen LogP contribution in [-0.4, -0.2) is 0 Å². The summed E-state index contributed by atoms with van der Waals surface area (Å²) in [5, 5.41) is 0. The van der Waals surface area contributed by atoms with E-state index in [0.717, 1.165) is 4.47 Å². The number of alkyl halides is 1. The normalized spacial score (nSPS) is 11.6. The van der Waals surface area contributed by atoms with Crippen LogP contribution in [0.2, 0.25) is 0 Å². The van der Waals surface area contributed by atoms with Crippen molar-refractivity contribution < 1.29 is 4.39 Å². The maximum atomic E-state index is 13.3. The fourth-order valence-corrected chi connectivity index (χ4v) is 1.16. The average molecular weight is 216 g/mol. The lowest BCUT2D eigenvalue weighted by Crippen LogP contribution is -2.08. The van der Waals surface area contributed by atoms with Crippen molar-refractivity contribution in [3.05, 3.63) is 34.3 Å². The molecule has 0 saturated heterocycles. The minimum Gasteiger partial charge on any atom is -0.239 e. The fraction of sp³-hybridized carbons (Fsp3) is 0.333. The molecule has 0 nitrogen and oxygen atoms in total. The molecule has 0 aromatic heterocycles. The molecule has 11 heavy (non-hydrogen) atoms. The second kappa shape index (κ2) is 2.94. The third-order valence-electron chi connectivity index (χ3n) is 1.44. The highest BCUT2D eigenvalue weighted by Crippen LogP contribution is 2.26. The van der Waals surface area contributed by atoms with Crippen LogP contribution in [0.5, 0.6) is 0 Å². The zero-order valence-electron chi connectivity index (χ0n) is 6.49. The van der Waals surface area contributed by atoms with Gasteiger partial charge in [0.05, 0.1) is 0 Å². The second-order valence-electron chi connectivity index (χ2n) is 2.91. The van der Waals surface area contributed by atoms with Crippen molar-refractivity contribution in [2.24, 2.45) is 0 Å². The summed E-state index contributed by atoms with van der Waals surface area (Å²) in [6, 6.07) is 8.03. The molecule has 0 aliphatic heterocycles. The molecule has 0 amide bonds. The minimum atomic E-state index is -1.28. The summed E-state index contributed by atoms with van der Waals surface area (Å²) in [6.45, 7) is 3.06. The minimum absolute atomic E-state index is 0.645. The van der Waals surface area contributed by atoms with Gasteiger partial charge in [-0.15, -0.1) is 0 Å². The molecule has 0 aliphatic carbocycles. The number of halogens is 2. The first-order chi connectivity index (χ1) is 5.00. The van der Waals surface area contributed by atoms with Crippen LogP contribution in [0.4, 0.5) is 4.39 Å². The van der Waals surface area contributed by atoms with Gasteiger partial charge in [-0.25, -0.2) is 4.39 Å². The van der Waals surface area contributed by atoms with Gasteiger partial charge in [0.25, 0.3) is 0 Å². The molecule has 59 valence electrons. The number of benzene rings is 1. The first-order valence-corrected chi connectivity index (χ1v) is 4.15. The predicted molar refractivity (Wildman–Crippen MR) is 47.1 cm³/mol. The topological polar surface area (TPSA) is 0 Å². The van der Waals surface area contributed by atoms with E-state index in [1.54, 1.807) is 18.2 Å². The largest absolute Gasteiger partial charge is 0.239 e. The highest BCUT2D eigenvalue weighted by atomic mass is 79.9. The molecule has 0 spiro atoms. The maximum absolute atomic E-state index is 13.3. The Morgan fingerprint density at radius 3 is 2.45 bits per heavy atom. The molecule has 0 unspecified atom stereocenters. The molecule has 0 heterocycles. The monoisotopic (exact) mass is 215 g/mol. The molecule has 2 heteroatoms. The van der Waals surface area contributed by atoms with Crippen LogP contribution in [0.15, 0.2) is 22.7 Å². The van der Waals surface area contributed by atoms with Gasteiger partial charge in [0.1, 0.15) is 5.67 Å². The second-order valence-corrected chi connectivity index (χ2v) is 3.83. The molecule has 0 bridgehead atoms.